The number of esters is 2. The molecule has 116 valence electrons. The molecule has 2 aromatic heterocycles. The van der Waals surface area contributed by atoms with Crippen molar-refractivity contribution in [3.05, 3.63) is 11.5 Å². The first-order valence-electron chi connectivity index (χ1n) is 6.25. The van der Waals surface area contributed by atoms with Crippen molar-refractivity contribution >= 4 is 22.9 Å². The molecule has 0 aliphatic rings. The normalized spacial score (nSPS) is 9.95. The van der Waals surface area contributed by atoms with Crippen molar-refractivity contribution in [1.29, 1.82) is 0 Å². The Morgan fingerprint density at radius 1 is 1.27 bits per heavy atom. The molecule has 0 radical (unpaired) electrons. The highest BCUT2D eigenvalue weighted by Gasteiger charge is 2.26. The molecular formula is C14H13NO7. The van der Waals surface area contributed by atoms with Gasteiger partial charge in [-0.05, 0) is 6.92 Å². The van der Waals surface area contributed by atoms with E-state index in [9.17, 15) is 9.59 Å². The number of furan rings is 1. The lowest BCUT2D eigenvalue weighted by Gasteiger charge is -1.99. The Balaban J connectivity index is 2.14. The highest BCUT2D eigenvalue weighted by Crippen LogP contribution is 2.35. The van der Waals surface area contributed by atoms with Crippen molar-refractivity contribution in [2.24, 2.45) is 0 Å². The molecule has 22 heavy (non-hydrogen) atoms. The van der Waals surface area contributed by atoms with Gasteiger partial charge in [-0.15, -0.1) is 0 Å². The monoisotopic (exact) mass is 307 g/mol. The van der Waals surface area contributed by atoms with Crippen LogP contribution in [0, 0.1) is 18.8 Å². The second kappa shape index (κ2) is 6.67. The Bertz CT molecular complexity index is 759. The lowest BCUT2D eigenvalue weighted by Crippen LogP contribution is -1.99. The molecule has 0 fully saturated rings. The van der Waals surface area contributed by atoms with Crippen LogP contribution in [0.4, 0.5) is 0 Å². The van der Waals surface area contributed by atoms with E-state index in [1.165, 1.54) is 14.2 Å². The minimum absolute atomic E-state index is 0.0917. The molecule has 0 N–H and O–H groups in total. The first-order valence-corrected chi connectivity index (χ1v) is 6.25. The van der Waals surface area contributed by atoms with E-state index in [4.69, 9.17) is 13.7 Å². The first-order chi connectivity index (χ1) is 10.6. The number of hydrogen-bond donors (Lipinski definition) is 0. The number of aryl methyl sites for hydroxylation is 1. The van der Waals surface area contributed by atoms with Gasteiger partial charge in [0.15, 0.2) is 0 Å². The van der Waals surface area contributed by atoms with Crippen LogP contribution in [-0.2, 0) is 14.3 Å². The van der Waals surface area contributed by atoms with Crippen molar-refractivity contribution in [2.45, 2.75) is 13.3 Å². The van der Waals surface area contributed by atoms with Crippen molar-refractivity contribution in [1.82, 2.24) is 5.16 Å². The molecule has 8 nitrogen and oxygen atoms in total. The number of nitrogens with zero attached hydrogens (tertiary/aromatic N) is 1. The van der Waals surface area contributed by atoms with Crippen LogP contribution in [0.25, 0.3) is 11.0 Å². The van der Waals surface area contributed by atoms with E-state index in [1.807, 2.05) is 0 Å². The smallest absolute Gasteiger partial charge is 0.384 e. The number of fused-ring (bicyclic) bond motifs is 1. The zero-order chi connectivity index (χ0) is 16.1. The summed E-state index contributed by atoms with van der Waals surface area (Å²) in [6.45, 7) is 1.84. The van der Waals surface area contributed by atoms with Crippen LogP contribution in [-0.4, -0.2) is 37.9 Å². The van der Waals surface area contributed by atoms with E-state index in [-0.39, 0.29) is 30.3 Å². The fourth-order valence-electron chi connectivity index (χ4n) is 1.66. The van der Waals surface area contributed by atoms with Gasteiger partial charge in [0.2, 0.25) is 5.58 Å². The third kappa shape index (κ3) is 3.03. The molecule has 8 heteroatoms. The number of carbonyl (C=O) groups excluding carboxylic acids is 2. The SMILES string of the molecule is COC(=O)C#CCCOc1oc(C(=O)OC)c2onc(C)c12. The summed E-state index contributed by atoms with van der Waals surface area (Å²) in [6, 6.07) is 0. The van der Waals surface area contributed by atoms with Gasteiger partial charge in [-0.3, -0.25) is 0 Å². The Labute approximate surface area is 125 Å². The van der Waals surface area contributed by atoms with E-state index in [0.29, 0.717) is 11.1 Å². The topological polar surface area (TPSA) is 101 Å². The van der Waals surface area contributed by atoms with Crippen LogP contribution in [0.1, 0.15) is 22.7 Å². The van der Waals surface area contributed by atoms with Crippen molar-refractivity contribution < 1.29 is 32.7 Å². The number of carbonyl (C=O) groups is 2. The van der Waals surface area contributed by atoms with E-state index in [1.54, 1.807) is 6.92 Å². The zero-order valence-electron chi connectivity index (χ0n) is 12.2. The van der Waals surface area contributed by atoms with Gasteiger partial charge in [-0.2, -0.15) is 0 Å². The molecule has 0 aliphatic heterocycles. The summed E-state index contributed by atoms with van der Waals surface area (Å²) in [5.41, 5.74) is 0.685. The van der Waals surface area contributed by atoms with Gasteiger partial charge in [0.05, 0.1) is 19.9 Å². The Kier molecular flexibility index (Phi) is 4.68. The van der Waals surface area contributed by atoms with Gasteiger partial charge >= 0.3 is 11.9 Å². The highest BCUT2D eigenvalue weighted by molar-refractivity contribution is 6.02. The molecule has 0 spiro atoms. The Hall–Kier alpha value is -2.95. The van der Waals surface area contributed by atoms with Gasteiger partial charge < -0.3 is 23.2 Å². The van der Waals surface area contributed by atoms with Gasteiger partial charge in [-0.25, -0.2) is 9.59 Å². The Morgan fingerprint density at radius 2 is 2.05 bits per heavy atom. The maximum atomic E-state index is 11.6. The molecule has 2 aromatic rings. The van der Waals surface area contributed by atoms with Crippen LogP contribution in [0.2, 0.25) is 0 Å². The van der Waals surface area contributed by atoms with Crippen LogP contribution in [0.3, 0.4) is 0 Å². The largest absolute Gasteiger partial charge is 0.464 e. The standard InChI is InChI=1S/C14H13NO7/c1-8-10-11(22-15-8)12(13(17)19-3)21-14(10)20-7-5-4-6-9(16)18-2/h5,7H2,1-3H3. The molecule has 0 amide bonds. The Morgan fingerprint density at radius 3 is 2.73 bits per heavy atom. The average molecular weight is 307 g/mol. The molecule has 0 saturated heterocycles. The molecule has 0 aliphatic carbocycles. The van der Waals surface area contributed by atoms with E-state index in [2.05, 4.69) is 26.5 Å². The molecule has 0 bridgehead atoms. The van der Waals surface area contributed by atoms with Gasteiger partial charge in [0, 0.05) is 12.3 Å². The minimum Gasteiger partial charge on any atom is -0.464 e. The number of hydrogen-bond acceptors (Lipinski definition) is 8. The lowest BCUT2D eigenvalue weighted by molar-refractivity contribution is -0.133. The third-order valence-corrected chi connectivity index (χ3v) is 2.67. The van der Waals surface area contributed by atoms with E-state index in [0.717, 1.165) is 0 Å². The molecular weight excluding hydrogens is 294 g/mol. The van der Waals surface area contributed by atoms with Crippen LogP contribution in [0.15, 0.2) is 8.94 Å². The summed E-state index contributed by atoms with van der Waals surface area (Å²) < 4.78 is 24.8. The van der Waals surface area contributed by atoms with Crippen molar-refractivity contribution in [3.8, 4) is 17.8 Å². The summed E-state index contributed by atoms with van der Waals surface area (Å²) in [6.07, 6.45) is 0.273. The maximum Gasteiger partial charge on any atom is 0.384 e. The predicted octanol–water partition coefficient (Wildman–Crippen LogP) is 1.46. The summed E-state index contributed by atoms with van der Waals surface area (Å²) in [4.78, 5) is 22.4. The van der Waals surface area contributed by atoms with Crippen LogP contribution >= 0.6 is 0 Å². The van der Waals surface area contributed by atoms with Crippen LogP contribution < -0.4 is 4.74 Å². The maximum absolute atomic E-state index is 11.6. The highest BCUT2D eigenvalue weighted by atomic mass is 16.6. The lowest BCUT2D eigenvalue weighted by atomic mass is 10.3. The van der Waals surface area contributed by atoms with E-state index >= 15 is 0 Å². The summed E-state index contributed by atoms with van der Waals surface area (Å²) in [5, 5.41) is 4.22. The van der Waals surface area contributed by atoms with Crippen molar-refractivity contribution in [3.63, 3.8) is 0 Å². The van der Waals surface area contributed by atoms with Gasteiger partial charge in [-0.1, -0.05) is 11.1 Å². The molecule has 0 atom stereocenters. The fraction of sp³-hybridized carbons (Fsp3) is 0.357. The van der Waals surface area contributed by atoms with Gasteiger partial charge in [0.25, 0.3) is 11.7 Å². The quantitative estimate of drug-likeness (QED) is 0.362. The second-order valence-corrected chi connectivity index (χ2v) is 4.07. The zero-order valence-corrected chi connectivity index (χ0v) is 12.2. The second-order valence-electron chi connectivity index (χ2n) is 4.07. The van der Waals surface area contributed by atoms with Crippen molar-refractivity contribution in [2.75, 3.05) is 20.8 Å². The number of methoxy groups -OCH3 is 2. The molecule has 0 saturated carbocycles. The predicted molar refractivity (Wildman–Crippen MR) is 72.3 cm³/mol. The van der Waals surface area contributed by atoms with Gasteiger partial charge in [0.1, 0.15) is 12.0 Å². The first kappa shape index (κ1) is 15.4. The van der Waals surface area contributed by atoms with Crippen LogP contribution in [0.5, 0.6) is 5.95 Å². The molecule has 2 rings (SSSR count). The fourth-order valence-corrected chi connectivity index (χ4v) is 1.66. The molecule has 2 heterocycles. The number of rotatable bonds is 4. The summed E-state index contributed by atoms with van der Waals surface area (Å²) in [7, 11) is 2.47. The number of aromatic nitrogens is 1. The minimum atomic E-state index is -0.693. The third-order valence-electron chi connectivity index (χ3n) is 2.67. The number of ether oxygens (including phenoxy) is 3. The molecule has 0 unspecified atom stereocenters. The van der Waals surface area contributed by atoms with E-state index < -0.39 is 11.9 Å². The summed E-state index contributed by atoms with van der Waals surface area (Å²) in [5.74, 6) is 3.51. The summed E-state index contributed by atoms with van der Waals surface area (Å²) >= 11 is 0. The molecule has 0 aromatic carbocycles. The average Bonchev–Trinajstić information content (AvgIpc) is 3.07.